The maximum absolute atomic E-state index is 13.3. The maximum Gasteiger partial charge on any atom is 0.309 e. The normalized spacial score (nSPS) is 26.4. The van der Waals surface area contributed by atoms with Gasteiger partial charge in [0, 0.05) is 0 Å². The predicted octanol–water partition coefficient (Wildman–Crippen LogP) is 4.43. The summed E-state index contributed by atoms with van der Waals surface area (Å²) in [6, 6.07) is 6.34. The Morgan fingerprint density at radius 2 is 2.10 bits per heavy atom. The number of rotatable bonds is 5. The summed E-state index contributed by atoms with van der Waals surface area (Å²) in [6.45, 7) is 2.17. The fraction of sp³-hybridized carbons (Fsp3) is 0.588. The first-order chi connectivity index (χ1) is 9.55. The molecule has 2 nitrogen and oxygen atoms in total. The van der Waals surface area contributed by atoms with E-state index in [-0.39, 0.29) is 5.82 Å². The average Bonchev–Trinajstić information content (AvgIpc) is 2.41. The third kappa shape index (κ3) is 3.38. The molecule has 0 aliphatic heterocycles. The van der Waals surface area contributed by atoms with Crippen LogP contribution >= 0.6 is 0 Å². The molecule has 1 aromatic carbocycles. The third-order valence-electron chi connectivity index (χ3n) is 4.64. The second-order valence-corrected chi connectivity index (χ2v) is 6.12. The highest BCUT2D eigenvalue weighted by atomic mass is 19.1. The van der Waals surface area contributed by atoms with Gasteiger partial charge < -0.3 is 5.11 Å². The topological polar surface area (TPSA) is 37.3 Å². The minimum Gasteiger partial charge on any atom is -0.481 e. The van der Waals surface area contributed by atoms with E-state index in [1.807, 2.05) is 6.07 Å². The molecule has 0 atom stereocenters. The van der Waals surface area contributed by atoms with E-state index >= 15 is 0 Å². The highest BCUT2D eigenvalue weighted by molar-refractivity contribution is 5.75. The summed E-state index contributed by atoms with van der Waals surface area (Å²) in [4.78, 5) is 11.7. The van der Waals surface area contributed by atoms with Gasteiger partial charge in [0.1, 0.15) is 5.82 Å². The van der Waals surface area contributed by atoms with Crippen LogP contribution < -0.4 is 0 Å². The van der Waals surface area contributed by atoms with Gasteiger partial charge in [0.05, 0.1) is 5.41 Å². The number of aliphatic carboxylic acids is 1. The number of carboxylic acid groups (broad SMARTS) is 1. The summed E-state index contributed by atoms with van der Waals surface area (Å²) in [7, 11) is 0. The smallest absolute Gasteiger partial charge is 0.309 e. The minimum atomic E-state index is -0.725. The van der Waals surface area contributed by atoms with E-state index in [0.29, 0.717) is 25.2 Å². The van der Waals surface area contributed by atoms with Crippen molar-refractivity contribution < 1.29 is 14.3 Å². The Hall–Kier alpha value is -1.38. The molecule has 0 amide bonds. The lowest BCUT2D eigenvalue weighted by Gasteiger charge is -2.37. The van der Waals surface area contributed by atoms with Gasteiger partial charge in [-0.3, -0.25) is 4.79 Å². The van der Waals surface area contributed by atoms with Crippen LogP contribution in [0.2, 0.25) is 0 Å². The van der Waals surface area contributed by atoms with Crippen LogP contribution in [0, 0.1) is 17.2 Å². The molecular formula is C17H23FO2. The van der Waals surface area contributed by atoms with Crippen molar-refractivity contribution in [1.29, 1.82) is 0 Å². The number of halogens is 1. The maximum atomic E-state index is 13.3. The molecule has 2 rings (SSSR count). The van der Waals surface area contributed by atoms with Crippen molar-refractivity contribution in [3.63, 3.8) is 0 Å². The molecule has 0 heterocycles. The summed E-state index contributed by atoms with van der Waals surface area (Å²) in [5.41, 5.74) is 0.0965. The first-order valence-corrected chi connectivity index (χ1v) is 7.53. The average molecular weight is 278 g/mol. The molecule has 0 unspecified atom stereocenters. The number of carbonyl (C=O) groups is 1. The van der Waals surface area contributed by atoms with Crippen LogP contribution in [0.25, 0.3) is 0 Å². The van der Waals surface area contributed by atoms with E-state index in [0.717, 1.165) is 24.8 Å². The van der Waals surface area contributed by atoms with E-state index in [4.69, 9.17) is 0 Å². The van der Waals surface area contributed by atoms with Crippen molar-refractivity contribution in [2.45, 2.75) is 51.9 Å². The molecule has 1 N–H and O–H groups in total. The quantitative estimate of drug-likeness (QED) is 0.865. The van der Waals surface area contributed by atoms with Gasteiger partial charge in [0.2, 0.25) is 0 Å². The molecule has 0 saturated heterocycles. The zero-order valence-corrected chi connectivity index (χ0v) is 12.1. The van der Waals surface area contributed by atoms with Crippen molar-refractivity contribution in [3.05, 3.63) is 35.6 Å². The van der Waals surface area contributed by atoms with Crippen LogP contribution in [0.1, 0.15) is 51.0 Å². The van der Waals surface area contributed by atoms with Gasteiger partial charge in [-0.1, -0.05) is 31.9 Å². The molecule has 110 valence electrons. The molecule has 1 saturated carbocycles. The summed E-state index contributed by atoms with van der Waals surface area (Å²) >= 11 is 0. The van der Waals surface area contributed by atoms with Crippen LogP contribution in [-0.2, 0) is 11.2 Å². The van der Waals surface area contributed by atoms with E-state index in [9.17, 15) is 14.3 Å². The number of hydrogen-bond donors (Lipinski definition) is 1. The summed E-state index contributed by atoms with van der Waals surface area (Å²) in [5.74, 6) is -0.348. The van der Waals surface area contributed by atoms with E-state index in [1.165, 1.54) is 18.6 Å². The zero-order chi connectivity index (χ0) is 14.6. The van der Waals surface area contributed by atoms with Crippen molar-refractivity contribution in [3.8, 4) is 0 Å². The summed E-state index contributed by atoms with van der Waals surface area (Å²) in [5, 5.41) is 9.64. The van der Waals surface area contributed by atoms with Crippen LogP contribution in [-0.4, -0.2) is 11.1 Å². The molecule has 1 aliphatic carbocycles. The van der Waals surface area contributed by atoms with E-state index in [2.05, 4.69) is 6.92 Å². The Morgan fingerprint density at radius 3 is 2.65 bits per heavy atom. The number of benzene rings is 1. The van der Waals surface area contributed by atoms with Crippen molar-refractivity contribution in [2.75, 3.05) is 0 Å². The third-order valence-corrected chi connectivity index (χ3v) is 4.64. The Morgan fingerprint density at radius 1 is 1.40 bits per heavy atom. The SMILES string of the molecule is CCCC1CCC(Cc2cccc(F)c2)(C(=O)O)CC1. The van der Waals surface area contributed by atoms with Crippen LogP contribution in [0.3, 0.4) is 0 Å². The van der Waals surface area contributed by atoms with Gasteiger partial charge >= 0.3 is 5.97 Å². The van der Waals surface area contributed by atoms with E-state index in [1.54, 1.807) is 6.07 Å². The molecule has 1 fully saturated rings. The van der Waals surface area contributed by atoms with Gasteiger partial charge in [0.15, 0.2) is 0 Å². The largest absolute Gasteiger partial charge is 0.481 e. The highest BCUT2D eigenvalue weighted by Crippen LogP contribution is 2.43. The van der Waals surface area contributed by atoms with Gasteiger partial charge in [-0.15, -0.1) is 0 Å². The minimum absolute atomic E-state index is 0.289. The lowest BCUT2D eigenvalue weighted by Crippen LogP contribution is -2.37. The summed E-state index contributed by atoms with van der Waals surface area (Å²) in [6.07, 6.45) is 6.18. The molecule has 0 bridgehead atoms. The van der Waals surface area contributed by atoms with Crippen molar-refractivity contribution >= 4 is 5.97 Å². The monoisotopic (exact) mass is 278 g/mol. The number of hydrogen-bond acceptors (Lipinski definition) is 1. The number of carboxylic acids is 1. The molecule has 0 aromatic heterocycles. The Bertz CT molecular complexity index is 462. The zero-order valence-electron chi connectivity index (χ0n) is 12.1. The van der Waals surface area contributed by atoms with Crippen molar-refractivity contribution in [1.82, 2.24) is 0 Å². The molecule has 1 aromatic rings. The standard InChI is InChI=1S/C17H23FO2/c1-2-4-13-7-9-17(10-8-13,16(19)20)12-14-5-3-6-15(18)11-14/h3,5-6,11,13H,2,4,7-10,12H2,1H3,(H,19,20). The van der Waals surface area contributed by atoms with E-state index < -0.39 is 11.4 Å². The Kier molecular flexibility index (Phi) is 4.79. The fourth-order valence-corrected chi connectivity index (χ4v) is 3.43. The molecule has 1 aliphatic rings. The Balaban J connectivity index is 2.10. The van der Waals surface area contributed by atoms with Crippen LogP contribution in [0.15, 0.2) is 24.3 Å². The first-order valence-electron chi connectivity index (χ1n) is 7.53. The van der Waals surface area contributed by atoms with Crippen LogP contribution in [0.4, 0.5) is 4.39 Å². The Labute approximate surface area is 120 Å². The second kappa shape index (κ2) is 6.38. The molecule has 20 heavy (non-hydrogen) atoms. The van der Waals surface area contributed by atoms with Gasteiger partial charge in [-0.2, -0.15) is 0 Å². The molecule has 0 spiro atoms. The fourth-order valence-electron chi connectivity index (χ4n) is 3.43. The molecule has 0 radical (unpaired) electrons. The van der Waals surface area contributed by atoms with Gasteiger partial charge in [-0.05, 0) is 55.7 Å². The lowest BCUT2D eigenvalue weighted by molar-refractivity contribution is -0.151. The van der Waals surface area contributed by atoms with Crippen LogP contribution in [0.5, 0.6) is 0 Å². The molecular weight excluding hydrogens is 255 g/mol. The highest BCUT2D eigenvalue weighted by Gasteiger charge is 2.41. The predicted molar refractivity (Wildman–Crippen MR) is 77.0 cm³/mol. The van der Waals surface area contributed by atoms with Gasteiger partial charge in [-0.25, -0.2) is 4.39 Å². The summed E-state index contributed by atoms with van der Waals surface area (Å²) < 4.78 is 13.3. The second-order valence-electron chi connectivity index (χ2n) is 6.12. The van der Waals surface area contributed by atoms with Crippen molar-refractivity contribution in [2.24, 2.45) is 11.3 Å². The lowest BCUT2D eigenvalue weighted by atomic mass is 9.67. The molecule has 3 heteroatoms. The van der Waals surface area contributed by atoms with Gasteiger partial charge in [0.25, 0.3) is 0 Å². The first kappa shape index (κ1) is 15.0.